The number of sulfonamides is 1. The second-order valence-corrected chi connectivity index (χ2v) is 9.92. The minimum Gasteiger partial charge on any atom is -0.374 e. The summed E-state index contributed by atoms with van der Waals surface area (Å²) < 4.78 is 29.0. The first-order valence-corrected chi connectivity index (χ1v) is 11.1. The Labute approximate surface area is 152 Å². The van der Waals surface area contributed by atoms with E-state index in [4.69, 9.17) is 14.9 Å². The molecule has 3 aliphatic rings. The molecule has 2 bridgehead atoms. The third-order valence-electron chi connectivity index (χ3n) is 5.39. The van der Waals surface area contributed by atoms with Crippen LogP contribution in [0.3, 0.4) is 0 Å². The maximum atomic E-state index is 11.4. The van der Waals surface area contributed by atoms with Crippen molar-refractivity contribution in [3.05, 3.63) is 17.0 Å². The number of guanidine groups is 1. The SMILES string of the molecule is CCNC(=NCc1ccc(S(N)(=O)=O)s1)N1CC2C3CCC(O3)C2C1. The molecule has 0 spiro atoms. The van der Waals surface area contributed by atoms with Crippen LogP contribution in [0.25, 0.3) is 0 Å². The molecule has 1 aromatic rings. The predicted octanol–water partition coefficient (Wildman–Crippen LogP) is 0.970. The Morgan fingerprint density at radius 1 is 1.36 bits per heavy atom. The van der Waals surface area contributed by atoms with E-state index in [-0.39, 0.29) is 4.21 Å². The smallest absolute Gasteiger partial charge is 0.247 e. The molecule has 0 amide bonds. The lowest BCUT2D eigenvalue weighted by Crippen LogP contribution is -2.41. The van der Waals surface area contributed by atoms with Gasteiger partial charge in [0.1, 0.15) is 4.21 Å². The first-order valence-electron chi connectivity index (χ1n) is 8.76. The summed E-state index contributed by atoms with van der Waals surface area (Å²) in [5.41, 5.74) is 0. The third kappa shape index (κ3) is 3.30. The number of fused-ring (bicyclic) bond motifs is 5. The van der Waals surface area contributed by atoms with Gasteiger partial charge in [0.05, 0.1) is 18.8 Å². The summed E-state index contributed by atoms with van der Waals surface area (Å²) in [7, 11) is -3.63. The van der Waals surface area contributed by atoms with Crippen LogP contribution in [0.5, 0.6) is 0 Å². The van der Waals surface area contributed by atoms with E-state index in [1.54, 1.807) is 12.1 Å². The number of nitrogens with one attached hydrogen (secondary N) is 1. The molecule has 0 aromatic carbocycles. The minimum atomic E-state index is -3.63. The van der Waals surface area contributed by atoms with Gasteiger partial charge >= 0.3 is 0 Å². The van der Waals surface area contributed by atoms with Crippen molar-refractivity contribution in [2.75, 3.05) is 19.6 Å². The van der Waals surface area contributed by atoms with Gasteiger partial charge in [0.25, 0.3) is 0 Å². The molecule has 138 valence electrons. The zero-order valence-electron chi connectivity index (χ0n) is 14.2. The number of rotatable bonds is 4. The van der Waals surface area contributed by atoms with Crippen molar-refractivity contribution in [1.29, 1.82) is 0 Å². The van der Waals surface area contributed by atoms with Gasteiger partial charge in [-0.15, -0.1) is 11.3 Å². The van der Waals surface area contributed by atoms with Gasteiger partial charge in [-0.25, -0.2) is 18.5 Å². The van der Waals surface area contributed by atoms with Crippen molar-refractivity contribution in [2.24, 2.45) is 22.0 Å². The number of primary sulfonamides is 1. The van der Waals surface area contributed by atoms with E-state index in [0.29, 0.717) is 30.6 Å². The largest absolute Gasteiger partial charge is 0.374 e. The van der Waals surface area contributed by atoms with Crippen molar-refractivity contribution >= 4 is 27.3 Å². The molecule has 4 rings (SSSR count). The first-order chi connectivity index (χ1) is 12.0. The molecule has 4 unspecified atom stereocenters. The number of aliphatic imine (C=N–C) groups is 1. The molecule has 3 saturated heterocycles. The van der Waals surface area contributed by atoms with E-state index < -0.39 is 10.0 Å². The van der Waals surface area contributed by atoms with Crippen molar-refractivity contribution in [1.82, 2.24) is 10.2 Å². The minimum absolute atomic E-state index is 0.187. The van der Waals surface area contributed by atoms with Gasteiger partial charge in [-0.2, -0.15) is 0 Å². The Kier molecular flexibility index (Phi) is 4.51. The van der Waals surface area contributed by atoms with Gasteiger partial charge in [0, 0.05) is 36.3 Å². The standard InChI is InChI=1S/C16H24N4O3S2/c1-2-18-16(19-7-10-3-6-15(24-10)25(17,21)22)20-8-11-12(9-20)14-5-4-13(11)23-14/h3,6,11-14H,2,4-5,7-9H2,1H3,(H,18,19)(H2,17,21,22). The fourth-order valence-corrected chi connectivity index (χ4v) is 6.01. The van der Waals surface area contributed by atoms with Crippen LogP contribution >= 0.6 is 11.3 Å². The molecule has 3 N–H and O–H groups in total. The Balaban J connectivity index is 1.46. The highest BCUT2D eigenvalue weighted by Gasteiger charge is 2.53. The highest BCUT2D eigenvalue weighted by atomic mass is 32.2. The Morgan fingerprint density at radius 3 is 2.60 bits per heavy atom. The van der Waals surface area contributed by atoms with Crippen LogP contribution in [0.4, 0.5) is 0 Å². The molecule has 4 heterocycles. The zero-order chi connectivity index (χ0) is 17.6. The van der Waals surface area contributed by atoms with Crippen molar-refractivity contribution < 1.29 is 13.2 Å². The van der Waals surface area contributed by atoms with Crippen LogP contribution < -0.4 is 10.5 Å². The normalized spacial score (nSPS) is 31.6. The van der Waals surface area contributed by atoms with Crippen LogP contribution in [0, 0.1) is 11.8 Å². The maximum Gasteiger partial charge on any atom is 0.247 e. The number of hydrogen-bond donors (Lipinski definition) is 2. The molecule has 0 radical (unpaired) electrons. The average Bonchev–Trinajstić information content (AvgIpc) is 3.32. The number of hydrogen-bond acceptors (Lipinski definition) is 5. The van der Waals surface area contributed by atoms with E-state index in [1.165, 1.54) is 24.2 Å². The quantitative estimate of drug-likeness (QED) is 0.596. The summed E-state index contributed by atoms with van der Waals surface area (Å²) in [6.45, 7) is 5.30. The lowest BCUT2D eigenvalue weighted by atomic mass is 9.82. The molecule has 3 aliphatic heterocycles. The van der Waals surface area contributed by atoms with Crippen molar-refractivity contribution in [3.63, 3.8) is 0 Å². The van der Waals surface area contributed by atoms with Gasteiger partial charge in [-0.1, -0.05) is 0 Å². The number of nitrogens with zero attached hydrogens (tertiary/aromatic N) is 2. The Bertz CT molecular complexity index is 758. The second kappa shape index (κ2) is 6.53. The van der Waals surface area contributed by atoms with Crippen LogP contribution in [0.1, 0.15) is 24.6 Å². The molecule has 1 aromatic heterocycles. The lowest BCUT2D eigenvalue weighted by molar-refractivity contribution is 0.0767. The van der Waals surface area contributed by atoms with Crippen LogP contribution in [0.15, 0.2) is 21.3 Å². The van der Waals surface area contributed by atoms with Crippen LogP contribution in [-0.4, -0.2) is 51.1 Å². The zero-order valence-corrected chi connectivity index (χ0v) is 15.9. The summed E-state index contributed by atoms with van der Waals surface area (Å²) in [4.78, 5) is 7.95. The van der Waals surface area contributed by atoms with Gasteiger partial charge < -0.3 is 15.0 Å². The average molecular weight is 385 g/mol. The van der Waals surface area contributed by atoms with E-state index in [9.17, 15) is 8.42 Å². The Hall–Kier alpha value is -1.16. The summed E-state index contributed by atoms with van der Waals surface area (Å²) in [6.07, 6.45) is 3.24. The fraction of sp³-hybridized carbons (Fsp3) is 0.688. The molecule has 0 aliphatic carbocycles. The molecule has 25 heavy (non-hydrogen) atoms. The van der Waals surface area contributed by atoms with E-state index >= 15 is 0 Å². The highest BCUT2D eigenvalue weighted by Crippen LogP contribution is 2.47. The van der Waals surface area contributed by atoms with Crippen LogP contribution in [-0.2, 0) is 21.3 Å². The summed E-state index contributed by atoms with van der Waals surface area (Å²) in [6, 6.07) is 3.33. The number of nitrogens with two attached hydrogens (primary N) is 1. The lowest BCUT2D eigenvalue weighted by Gasteiger charge is -2.23. The van der Waals surface area contributed by atoms with Gasteiger partial charge in [-0.05, 0) is 31.9 Å². The number of likely N-dealkylation sites (tertiary alicyclic amines) is 1. The van der Waals surface area contributed by atoms with E-state index in [1.807, 2.05) is 0 Å². The molecule has 7 nitrogen and oxygen atoms in total. The summed E-state index contributed by atoms with van der Waals surface area (Å²) in [5, 5.41) is 8.54. The maximum absolute atomic E-state index is 11.4. The monoisotopic (exact) mass is 384 g/mol. The predicted molar refractivity (Wildman–Crippen MR) is 97.0 cm³/mol. The first kappa shape index (κ1) is 17.3. The van der Waals surface area contributed by atoms with Crippen molar-refractivity contribution in [3.8, 4) is 0 Å². The highest BCUT2D eigenvalue weighted by molar-refractivity contribution is 7.91. The van der Waals surface area contributed by atoms with Gasteiger partial charge in [0.2, 0.25) is 10.0 Å². The second-order valence-electron chi connectivity index (χ2n) is 6.96. The fourth-order valence-electron chi connectivity index (χ4n) is 4.31. The Morgan fingerprint density at radius 2 is 2.04 bits per heavy atom. The third-order valence-corrected chi connectivity index (χ3v) is 7.90. The molecule has 0 saturated carbocycles. The van der Waals surface area contributed by atoms with E-state index in [2.05, 4.69) is 17.1 Å². The van der Waals surface area contributed by atoms with E-state index in [0.717, 1.165) is 30.5 Å². The van der Waals surface area contributed by atoms with Crippen molar-refractivity contribution in [2.45, 2.75) is 42.7 Å². The molecule has 4 atom stereocenters. The summed E-state index contributed by atoms with van der Waals surface area (Å²) in [5.74, 6) is 2.15. The molecular formula is C16H24N4O3S2. The van der Waals surface area contributed by atoms with Gasteiger partial charge in [-0.3, -0.25) is 0 Å². The number of thiophene rings is 1. The summed E-state index contributed by atoms with van der Waals surface area (Å²) >= 11 is 1.18. The number of ether oxygens (including phenoxy) is 1. The molecule has 9 heteroatoms. The topological polar surface area (TPSA) is 97.0 Å². The van der Waals surface area contributed by atoms with Crippen LogP contribution in [0.2, 0.25) is 0 Å². The molecule has 3 fully saturated rings. The molecular weight excluding hydrogens is 360 g/mol. The van der Waals surface area contributed by atoms with Gasteiger partial charge in [0.15, 0.2) is 5.96 Å².